The van der Waals surface area contributed by atoms with Gasteiger partial charge in [-0.05, 0) is 30.7 Å². The van der Waals surface area contributed by atoms with Crippen LogP contribution in [0.3, 0.4) is 0 Å². The minimum atomic E-state index is -1.93. The molecule has 2 N–H and O–H groups in total. The van der Waals surface area contributed by atoms with E-state index in [0.717, 1.165) is 12.0 Å². The van der Waals surface area contributed by atoms with Gasteiger partial charge in [0.25, 0.3) is 0 Å². The van der Waals surface area contributed by atoms with Crippen LogP contribution in [0.25, 0.3) is 0 Å². The first kappa shape index (κ1) is 11.2. The molecule has 0 saturated heterocycles. The lowest BCUT2D eigenvalue weighted by molar-refractivity contribution is 0.453. The molecule has 0 aromatic heterocycles. The van der Waals surface area contributed by atoms with Gasteiger partial charge in [0.15, 0.2) is 10.9 Å². The van der Waals surface area contributed by atoms with Crippen molar-refractivity contribution in [3.63, 3.8) is 0 Å². The van der Waals surface area contributed by atoms with Gasteiger partial charge in [-0.25, -0.2) is 4.21 Å². The average Bonchev–Trinajstić information content (AvgIpc) is 2.19. The Labute approximate surface area is 85.5 Å². The minimum absolute atomic E-state index is 0.597. The molecule has 0 aliphatic carbocycles. The van der Waals surface area contributed by atoms with Crippen LogP contribution in [-0.2, 0) is 21.5 Å². The SMILES string of the molecule is CO[SH](=O)=Nc1cccc(CCN)c1. The summed E-state index contributed by atoms with van der Waals surface area (Å²) in [6, 6.07) is 7.47. The molecule has 5 heteroatoms. The van der Waals surface area contributed by atoms with Gasteiger partial charge in [0, 0.05) is 0 Å². The highest BCUT2D eigenvalue weighted by Gasteiger charge is 1.93. The van der Waals surface area contributed by atoms with Crippen LogP contribution in [0, 0.1) is 0 Å². The van der Waals surface area contributed by atoms with E-state index in [1.807, 2.05) is 18.2 Å². The third-order valence-corrected chi connectivity index (χ3v) is 2.40. The third-order valence-electron chi connectivity index (χ3n) is 1.70. The maximum absolute atomic E-state index is 11.0. The Morgan fingerprint density at radius 2 is 2.36 bits per heavy atom. The Hall–Kier alpha value is -0.910. The molecule has 1 rings (SSSR count). The lowest BCUT2D eigenvalue weighted by Crippen LogP contribution is -2.02. The normalized spacial score (nSPS) is 13.0. The van der Waals surface area contributed by atoms with Crippen molar-refractivity contribution < 1.29 is 8.39 Å². The number of thiol groups is 1. The molecule has 0 bridgehead atoms. The van der Waals surface area contributed by atoms with Crippen molar-refractivity contribution in [1.82, 2.24) is 0 Å². The topological polar surface area (TPSA) is 64.7 Å². The second kappa shape index (κ2) is 5.74. The maximum atomic E-state index is 11.0. The van der Waals surface area contributed by atoms with Gasteiger partial charge in [-0.1, -0.05) is 12.1 Å². The summed E-state index contributed by atoms with van der Waals surface area (Å²) < 4.78 is 19.4. The van der Waals surface area contributed by atoms with Crippen molar-refractivity contribution in [3.8, 4) is 0 Å². The van der Waals surface area contributed by atoms with Crippen molar-refractivity contribution in [3.05, 3.63) is 29.8 Å². The van der Waals surface area contributed by atoms with Crippen LogP contribution in [0.4, 0.5) is 5.69 Å². The first-order chi connectivity index (χ1) is 6.76. The smallest absolute Gasteiger partial charge is 0.156 e. The molecule has 0 fully saturated rings. The fraction of sp³-hybridized carbons (Fsp3) is 0.333. The Kier molecular flexibility index (Phi) is 4.58. The van der Waals surface area contributed by atoms with Gasteiger partial charge in [0.2, 0.25) is 0 Å². The van der Waals surface area contributed by atoms with Gasteiger partial charge in [-0.2, -0.15) is 4.36 Å². The van der Waals surface area contributed by atoms with Gasteiger partial charge in [0.05, 0.1) is 12.8 Å². The molecule has 1 atom stereocenters. The van der Waals surface area contributed by atoms with E-state index < -0.39 is 10.9 Å². The number of nitrogens with zero attached hydrogens (tertiary/aromatic N) is 1. The van der Waals surface area contributed by atoms with E-state index in [1.54, 1.807) is 6.07 Å². The fourth-order valence-electron chi connectivity index (χ4n) is 1.08. The Morgan fingerprint density at radius 1 is 1.57 bits per heavy atom. The van der Waals surface area contributed by atoms with E-state index in [2.05, 4.69) is 8.55 Å². The summed E-state index contributed by atoms with van der Waals surface area (Å²) in [5, 5.41) is 0. The number of hydrogen-bond donors (Lipinski definition) is 2. The zero-order chi connectivity index (χ0) is 10.4. The molecule has 0 spiro atoms. The second-order valence-electron chi connectivity index (χ2n) is 2.73. The molecule has 0 radical (unpaired) electrons. The molecule has 1 unspecified atom stereocenters. The molecule has 0 aliphatic rings. The van der Waals surface area contributed by atoms with E-state index in [4.69, 9.17) is 5.73 Å². The van der Waals surface area contributed by atoms with Crippen LogP contribution in [0.1, 0.15) is 5.56 Å². The molecule has 0 aliphatic heterocycles. The van der Waals surface area contributed by atoms with Crippen LogP contribution >= 0.6 is 0 Å². The van der Waals surface area contributed by atoms with E-state index in [1.165, 1.54) is 7.11 Å². The summed E-state index contributed by atoms with van der Waals surface area (Å²) in [7, 11) is -0.566. The van der Waals surface area contributed by atoms with Crippen molar-refractivity contribution in [1.29, 1.82) is 0 Å². The molecule has 1 aromatic rings. The molecule has 0 amide bonds. The average molecular weight is 214 g/mol. The first-order valence-electron chi connectivity index (χ1n) is 4.28. The zero-order valence-electron chi connectivity index (χ0n) is 8.01. The van der Waals surface area contributed by atoms with Crippen molar-refractivity contribution in [2.75, 3.05) is 13.7 Å². The van der Waals surface area contributed by atoms with Crippen LogP contribution in [0.5, 0.6) is 0 Å². The number of benzene rings is 1. The van der Waals surface area contributed by atoms with Crippen LogP contribution < -0.4 is 5.73 Å². The van der Waals surface area contributed by atoms with Crippen molar-refractivity contribution in [2.24, 2.45) is 10.1 Å². The number of rotatable bonds is 4. The number of nitrogens with two attached hydrogens (primary N) is 1. The lowest BCUT2D eigenvalue weighted by atomic mass is 10.1. The predicted octanol–water partition coefficient (Wildman–Crippen LogP) is 1.05. The molecule has 0 saturated carbocycles. The molecule has 78 valence electrons. The number of hydrogen-bond acceptors (Lipinski definition) is 4. The van der Waals surface area contributed by atoms with Crippen LogP contribution in [0.15, 0.2) is 28.6 Å². The summed E-state index contributed by atoms with van der Waals surface area (Å²) in [6.45, 7) is 0.597. The first-order valence-corrected chi connectivity index (χ1v) is 5.41. The largest absolute Gasteiger partial charge is 0.330 e. The van der Waals surface area contributed by atoms with E-state index in [0.29, 0.717) is 12.2 Å². The van der Waals surface area contributed by atoms with E-state index in [-0.39, 0.29) is 0 Å². The molecule has 14 heavy (non-hydrogen) atoms. The summed E-state index contributed by atoms with van der Waals surface area (Å²) in [4.78, 5) is 0. The zero-order valence-corrected chi connectivity index (χ0v) is 8.91. The minimum Gasteiger partial charge on any atom is -0.330 e. The standard InChI is InChI=1S/C9H14N2O2S/c1-13-14(12)11-9-4-2-3-8(7-9)5-6-10/h2-4,7,14H,5-6,10H2,1H3. The quantitative estimate of drug-likeness (QED) is 0.736. The lowest BCUT2D eigenvalue weighted by Gasteiger charge is -1.99. The predicted molar refractivity (Wildman–Crippen MR) is 57.8 cm³/mol. The Morgan fingerprint density at radius 3 is 3.00 bits per heavy atom. The van der Waals surface area contributed by atoms with Gasteiger partial charge < -0.3 is 5.73 Å². The molecular formula is C9H14N2O2S. The Balaban J connectivity index is 2.88. The summed E-state index contributed by atoms with van der Waals surface area (Å²) in [5.41, 5.74) is 7.18. The molecular weight excluding hydrogens is 200 g/mol. The molecule has 0 heterocycles. The highest BCUT2D eigenvalue weighted by molar-refractivity contribution is 7.69. The molecule has 1 aromatic carbocycles. The van der Waals surface area contributed by atoms with Gasteiger partial charge in [0.1, 0.15) is 0 Å². The Bertz CT molecular complexity index is 373. The van der Waals surface area contributed by atoms with E-state index in [9.17, 15) is 4.21 Å². The highest BCUT2D eigenvalue weighted by Crippen LogP contribution is 2.14. The highest BCUT2D eigenvalue weighted by atomic mass is 32.2. The van der Waals surface area contributed by atoms with E-state index >= 15 is 0 Å². The summed E-state index contributed by atoms with van der Waals surface area (Å²) >= 11 is 0. The summed E-state index contributed by atoms with van der Waals surface area (Å²) in [6.07, 6.45) is 0.799. The fourth-order valence-corrected chi connectivity index (χ4v) is 1.47. The van der Waals surface area contributed by atoms with Gasteiger partial charge in [-0.3, -0.25) is 4.18 Å². The third kappa shape index (κ3) is 3.45. The van der Waals surface area contributed by atoms with Crippen molar-refractivity contribution in [2.45, 2.75) is 6.42 Å². The second-order valence-corrected chi connectivity index (χ2v) is 3.77. The van der Waals surface area contributed by atoms with Crippen LogP contribution in [-0.4, -0.2) is 17.9 Å². The summed E-state index contributed by atoms with van der Waals surface area (Å²) in [5.74, 6) is 0. The van der Waals surface area contributed by atoms with Gasteiger partial charge in [-0.15, -0.1) is 0 Å². The van der Waals surface area contributed by atoms with Crippen molar-refractivity contribution >= 4 is 16.6 Å². The van der Waals surface area contributed by atoms with Crippen LogP contribution in [0.2, 0.25) is 0 Å². The maximum Gasteiger partial charge on any atom is 0.156 e. The molecule has 4 nitrogen and oxygen atoms in total. The van der Waals surface area contributed by atoms with Gasteiger partial charge >= 0.3 is 0 Å². The monoisotopic (exact) mass is 214 g/mol.